The van der Waals surface area contributed by atoms with Gasteiger partial charge in [-0.05, 0) is 67.5 Å². The number of ether oxygens (including phenoxy) is 2. The molecule has 1 aliphatic carbocycles. The number of aryl methyl sites for hydroxylation is 1. The van der Waals surface area contributed by atoms with Gasteiger partial charge in [-0.1, -0.05) is 5.57 Å². The van der Waals surface area contributed by atoms with Crippen molar-refractivity contribution in [3.63, 3.8) is 0 Å². The van der Waals surface area contributed by atoms with Crippen molar-refractivity contribution in [3.8, 4) is 5.75 Å². The summed E-state index contributed by atoms with van der Waals surface area (Å²) in [7, 11) is 0. The van der Waals surface area contributed by atoms with Gasteiger partial charge in [-0.25, -0.2) is 0 Å². The summed E-state index contributed by atoms with van der Waals surface area (Å²) in [6, 6.07) is 2.64. The number of rotatable bonds is 6. The third kappa shape index (κ3) is 3.32. The molecule has 0 amide bonds. The first kappa shape index (κ1) is 14.5. The van der Waals surface area contributed by atoms with Crippen LogP contribution in [0.4, 0.5) is 0 Å². The molecule has 120 valence electrons. The lowest BCUT2D eigenvalue weighted by atomic mass is 10.0. The molecule has 0 saturated carbocycles. The number of allylic oxidation sites excluding steroid dienone is 4. The molecular formula is C19H22N2O2. The molecule has 4 rings (SSSR count). The monoisotopic (exact) mass is 310 g/mol. The van der Waals surface area contributed by atoms with Crippen LogP contribution in [0.25, 0.3) is 0 Å². The van der Waals surface area contributed by atoms with E-state index in [4.69, 9.17) is 9.47 Å². The standard InChI is InChI=1S/C19H22N2O2/c1(2-15-3-4-16-12-22-8-6-19(15)16)14-9-18(11-20-10-14)23-13-17-5-7-21-17/h6,8-12,17,21H,1-5,7,13H2/t17-/m0/s1. The maximum absolute atomic E-state index is 5.83. The van der Waals surface area contributed by atoms with Gasteiger partial charge in [-0.2, -0.15) is 0 Å². The Morgan fingerprint density at radius 3 is 3.09 bits per heavy atom. The molecule has 23 heavy (non-hydrogen) atoms. The fourth-order valence-electron chi connectivity index (χ4n) is 3.28. The molecule has 0 aromatic carbocycles. The van der Waals surface area contributed by atoms with Gasteiger partial charge < -0.3 is 14.8 Å². The lowest BCUT2D eigenvalue weighted by Crippen LogP contribution is -2.46. The van der Waals surface area contributed by atoms with Crippen LogP contribution in [0.15, 0.2) is 53.8 Å². The largest absolute Gasteiger partial charge is 0.490 e. The number of hydrogen-bond donors (Lipinski definition) is 1. The summed E-state index contributed by atoms with van der Waals surface area (Å²) in [6.45, 7) is 1.85. The number of fused-ring (bicyclic) bond motifs is 1. The third-order valence-corrected chi connectivity index (χ3v) is 4.81. The quantitative estimate of drug-likeness (QED) is 0.876. The highest BCUT2D eigenvalue weighted by Gasteiger charge is 2.20. The molecule has 3 heterocycles. The van der Waals surface area contributed by atoms with Gasteiger partial charge in [-0.15, -0.1) is 0 Å². The molecule has 0 unspecified atom stereocenters. The second kappa shape index (κ2) is 6.59. The van der Waals surface area contributed by atoms with Crippen molar-refractivity contribution >= 4 is 0 Å². The fraction of sp³-hybridized carbons (Fsp3) is 0.421. The molecule has 1 atom stereocenters. The molecule has 1 fully saturated rings. The van der Waals surface area contributed by atoms with Gasteiger partial charge in [0.05, 0.1) is 18.7 Å². The van der Waals surface area contributed by atoms with Crippen molar-refractivity contribution < 1.29 is 9.47 Å². The molecule has 1 aromatic heterocycles. The summed E-state index contributed by atoms with van der Waals surface area (Å²) in [5, 5.41) is 3.35. The van der Waals surface area contributed by atoms with Crippen LogP contribution in [-0.2, 0) is 11.2 Å². The Balaban J connectivity index is 1.36. The predicted molar refractivity (Wildman–Crippen MR) is 89.0 cm³/mol. The van der Waals surface area contributed by atoms with Gasteiger partial charge in [0.15, 0.2) is 0 Å². The van der Waals surface area contributed by atoms with Crippen LogP contribution in [0.5, 0.6) is 5.75 Å². The molecular weight excluding hydrogens is 288 g/mol. The number of aromatic nitrogens is 1. The highest BCUT2D eigenvalue weighted by Crippen LogP contribution is 2.36. The second-order valence-electron chi connectivity index (χ2n) is 6.38. The van der Waals surface area contributed by atoms with Gasteiger partial charge in [0.1, 0.15) is 12.4 Å². The van der Waals surface area contributed by atoms with E-state index in [1.165, 1.54) is 28.7 Å². The first-order valence-corrected chi connectivity index (χ1v) is 8.42. The normalized spacial score (nSPS) is 22.3. The molecule has 3 aliphatic rings. The summed E-state index contributed by atoms with van der Waals surface area (Å²) in [4.78, 5) is 4.33. The van der Waals surface area contributed by atoms with E-state index < -0.39 is 0 Å². The van der Waals surface area contributed by atoms with Gasteiger partial charge >= 0.3 is 0 Å². The summed E-state index contributed by atoms with van der Waals surface area (Å²) < 4.78 is 11.1. The van der Waals surface area contributed by atoms with Crippen LogP contribution in [0.2, 0.25) is 0 Å². The molecule has 1 N–H and O–H groups in total. The first-order chi connectivity index (χ1) is 11.4. The number of hydrogen-bond acceptors (Lipinski definition) is 4. The van der Waals surface area contributed by atoms with Gasteiger partial charge in [0.2, 0.25) is 0 Å². The van der Waals surface area contributed by atoms with Crippen molar-refractivity contribution in [1.82, 2.24) is 10.3 Å². The zero-order valence-corrected chi connectivity index (χ0v) is 13.3. The minimum Gasteiger partial charge on any atom is -0.490 e. The molecule has 4 heteroatoms. The Morgan fingerprint density at radius 1 is 1.26 bits per heavy atom. The zero-order valence-electron chi connectivity index (χ0n) is 13.3. The third-order valence-electron chi connectivity index (χ3n) is 4.81. The Bertz CT molecular complexity index is 672. The highest BCUT2D eigenvalue weighted by molar-refractivity contribution is 5.48. The van der Waals surface area contributed by atoms with E-state index in [2.05, 4.69) is 22.4 Å². The Hall–Kier alpha value is -2.07. The summed E-state index contributed by atoms with van der Waals surface area (Å²) in [5.74, 6) is 0.881. The van der Waals surface area contributed by atoms with E-state index in [-0.39, 0.29) is 0 Å². The van der Waals surface area contributed by atoms with E-state index in [9.17, 15) is 0 Å². The van der Waals surface area contributed by atoms with Crippen molar-refractivity contribution in [2.75, 3.05) is 13.2 Å². The number of nitrogens with one attached hydrogen (secondary N) is 1. The van der Waals surface area contributed by atoms with Crippen molar-refractivity contribution in [3.05, 3.63) is 59.3 Å². The van der Waals surface area contributed by atoms with Crippen LogP contribution in [-0.4, -0.2) is 24.2 Å². The van der Waals surface area contributed by atoms with Crippen molar-refractivity contribution in [2.45, 2.75) is 38.1 Å². The summed E-state index contributed by atoms with van der Waals surface area (Å²) in [6.07, 6.45) is 15.0. The maximum atomic E-state index is 5.83. The lowest BCUT2D eigenvalue weighted by molar-refractivity contribution is 0.217. The molecule has 2 aliphatic heterocycles. The number of pyridine rings is 1. The van der Waals surface area contributed by atoms with E-state index >= 15 is 0 Å². The SMILES string of the molecule is C1=CC2=C(CCc3cncc(OC[C@@H]4CCN4)c3)CCC2=CO1. The van der Waals surface area contributed by atoms with E-state index in [1.54, 1.807) is 6.26 Å². The van der Waals surface area contributed by atoms with Crippen LogP contribution in [0.1, 0.15) is 31.2 Å². The fourth-order valence-corrected chi connectivity index (χ4v) is 3.28. The molecule has 0 bridgehead atoms. The molecule has 4 nitrogen and oxygen atoms in total. The molecule has 1 aromatic rings. The minimum atomic E-state index is 0.509. The average Bonchev–Trinajstić information content (AvgIpc) is 2.95. The van der Waals surface area contributed by atoms with Gasteiger partial charge in [0.25, 0.3) is 0 Å². The Labute approximate surface area is 136 Å². The van der Waals surface area contributed by atoms with Crippen LogP contribution < -0.4 is 10.1 Å². The summed E-state index contributed by atoms with van der Waals surface area (Å²) in [5.41, 5.74) is 5.49. The average molecular weight is 310 g/mol. The highest BCUT2D eigenvalue weighted by atomic mass is 16.5. The van der Waals surface area contributed by atoms with E-state index in [0.29, 0.717) is 6.04 Å². The predicted octanol–water partition coefficient (Wildman–Crippen LogP) is 3.27. The first-order valence-electron chi connectivity index (χ1n) is 8.42. The van der Waals surface area contributed by atoms with Crippen LogP contribution in [0, 0.1) is 0 Å². The Kier molecular flexibility index (Phi) is 4.16. The van der Waals surface area contributed by atoms with E-state index in [0.717, 1.165) is 44.6 Å². The zero-order chi connectivity index (χ0) is 15.5. The van der Waals surface area contributed by atoms with Gasteiger partial charge in [0, 0.05) is 12.2 Å². The van der Waals surface area contributed by atoms with Crippen LogP contribution in [0.3, 0.4) is 0 Å². The Morgan fingerprint density at radius 2 is 2.22 bits per heavy atom. The molecule has 1 saturated heterocycles. The smallest absolute Gasteiger partial charge is 0.137 e. The minimum absolute atomic E-state index is 0.509. The van der Waals surface area contributed by atoms with Gasteiger partial charge in [-0.3, -0.25) is 4.98 Å². The molecule has 0 spiro atoms. The van der Waals surface area contributed by atoms with Crippen LogP contribution >= 0.6 is 0 Å². The van der Waals surface area contributed by atoms with Crippen molar-refractivity contribution in [1.29, 1.82) is 0 Å². The molecule has 0 radical (unpaired) electrons. The van der Waals surface area contributed by atoms with Crippen molar-refractivity contribution in [2.24, 2.45) is 0 Å². The second-order valence-corrected chi connectivity index (χ2v) is 6.38. The van der Waals surface area contributed by atoms with E-state index in [1.807, 2.05) is 18.7 Å². The lowest BCUT2D eigenvalue weighted by Gasteiger charge is -2.27. The number of nitrogens with zero attached hydrogens (tertiary/aromatic N) is 1. The topological polar surface area (TPSA) is 43.4 Å². The maximum Gasteiger partial charge on any atom is 0.137 e. The summed E-state index contributed by atoms with van der Waals surface area (Å²) >= 11 is 0.